The Kier molecular flexibility index (Phi) is 6.28. The SMILES string of the molecule is CC(C)(C)OC(=O)N(Cc1ccc(C=O)cc1)Cc1ccc(C=O)cc1. The van der Waals surface area contributed by atoms with Crippen LogP contribution in [0.25, 0.3) is 0 Å². The first kappa shape index (κ1) is 19.4. The molecular weight excluding hydrogens is 330 g/mol. The van der Waals surface area contributed by atoms with Gasteiger partial charge in [0, 0.05) is 24.2 Å². The Morgan fingerprint density at radius 2 is 1.23 bits per heavy atom. The molecule has 5 heteroatoms. The molecule has 2 aromatic carbocycles. The molecular formula is C21H23NO4. The Bertz CT molecular complexity index is 705. The first-order valence-electron chi connectivity index (χ1n) is 8.37. The predicted molar refractivity (Wildman–Crippen MR) is 99.1 cm³/mol. The smallest absolute Gasteiger partial charge is 0.410 e. The number of ether oxygens (including phenoxy) is 1. The third-order valence-electron chi connectivity index (χ3n) is 3.63. The summed E-state index contributed by atoms with van der Waals surface area (Å²) in [7, 11) is 0. The Hall–Kier alpha value is -2.95. The molecule has 5 nitrogen and oxygen atoms in total. The van der Waals surface area contributed by atoms with E-state index in [1.54, 1.807) is 29.2 Å². The summed E-state index contributed by atoms with van der Waals surface area (Å²) in [5.74, 6) is 0. The van der Waals surface area contributed by atoms with Crippen molar-refractivity contribution in [2.75, 3.05) is 0 Å². The molecule has 0 atom stereocenters. The van der Waals surface area contributed by atoms with E-state index in [4.69, 9.17) is 4.74 Å². The highest BCUT2D eigenvalue weighted by molar-refractivity contribution is 5.75. The van der Waals surface area contributed by atoms with Crippen LogP contribution in [-0.4, -0.2) is 29.2 Å². The van der Waals surface area contributed by atoms with Crippen molar-refractivity contribution in [3.8, 4) is 0 Å². The highest BCUT2D eigenvalue weighted by Gasteiger charge is 2.22. The Balaban J connectivity index is 2.20. The van der Waals surface area contributed by atoms with Gasteiger partial charge in [-0.3, -0.25) is 14.5 Å². The van der Waals surface area contributed by atoms with E-state index in [0.29, 0.717) is 24.2 Å². The molecule has 2 aromatic rings. The van der Waals surface area contributed by atoms with Gasteiger partial charge >= 0.3 is 6.09 Å². The molecule has 0 aliphatic rings. The van der Waals surface area contributed by atoms with E-state index in [1.165, 1.54) is 0 Å². The number of hydrogen-bond donors (Lipinski definition) is 0. The van der Waals surface area contributed by atoms with E-state index in [9.17, 15) is 14.4 Å². The molecule has 0 saturated heterocycles. The number of aldehydes is 2. The van der Waals surface area contributed by atoms with Crippen molar-refractivity contribution in [3.63, 3.8) is 0 Å². The van der Waals surface area contributed by atoms with E-state index in [1.807, 2.05) is 45.0 Å². The van der Waals surface area contributed by atoms with Crippen LogP contribution in [0.4, 0.5) is 4.79 Å². The normalized spacial score (nSPS) is 10.9. The fourth-order valence-corrected chi connectivity index (χ4v) is 2.36. The van der Waals surface area contributed by atoms with E-state index in [-0.39, 0.29) is 0 Å². The van der Waals surface area contributed by atoms with E-state index in [0.717, 1.165) is 23.7 Å². The molecule has 0 spiro atoms. The molecule has 0 radical (unpaired) electrons. The van der Waals surface area contributed by atoms with Crippen LogP contribution >= 0.6 is 0 Å². The number of rotatable bonds is 6. The zero-order chi connectivity index (χ0) is 19.2. The van der Waals surface area contributed by atoms with Crippen LogP contribution < -0.4 is 0 Å². The summed E-state index contributed by atoms with van der Waals surface area (Å²) in [5, 5.41) is 0. The summed E-state index contributed by atoms with van der Waals surface area (Å²) in [6.07, 6.45) is 1.14. The Labute approximate surface area is 153 Å². The number of nitrogens with zero attached hydrogens (tertiary/aromatic N) is 1. The maximum Gasteiger partial charge on any atom is 0.410 e. The molecule has 0 heterocycles. The number of hydrogen-bond acceptors (Lipinski definition) is 4. The van der Waals surface area contributed by atoms with Crippen molar-refractivity contribution < 1.29 is 19.1 Å². The van der Waals surface area contributed by atoms with Crippen LogP contribution in [0.15, 0.2) is 48.5 Å². The third kappa shape index (κ3) is 5.84. The van der Waals surface area contributed by atoms with Gasteiger partial charge in [-0.05, 0) is 31.9 Å². The second-order valence-electron chi connectivity index (χ2n) is 7.06. The lowest BCUT2D eigenvalue weighted by atomic mass is 10.1. The average molecular weight is 353 g/mol. The molecule has 0 unspecified atom stereocenters. The van der Waals surface area contributed by atoms with Gasteiger partial charge in [-0.2, -0.15) is 0 Å². The lowest BCUT2D eigenvalue weighted by molar-refractivity contribution is 0.0216. The number of amides is 1. The van der Waals surface area contributed by atoms with Gasteiger partial charge in [0.15, 0.2) is 0 Å². The lowest BCUT2D eigenvalue weighted by Gasteiger charge is -2.27. The zero-order valence-electron chi connectivity index (χ0n) is 15.3. The Morgan fingerprint density at radius 1 is 0.846 bits per heavy atom. The van der Waals surface area contributed by atoms with Crippen molar-refractivity contribution in [2.24, 2.45) is 0 Å². The average Bonchev–Trinajstić information content (AvgIpc) is 2.61. The van der Waals surface area contributed by atoms with Gasteiger partial charge in [-0.1, -0.05) is 48.5 Å². The molecule has 0 aromatic heterocycles. The lowest BCUT2D eigenvalue weighted by Crippen LogP contribution is -2.36. The van der Waals surface area contributed by atoms with Crippen LogP contribution in [-0.2, 0) is 17.8 Å². The maximum absolute atomic E-state index is 12.6. The second-order valence-corrected chi connectivity index (χ2v) is 7.06. The van der Waals surface area contributed by atoms with Crippen LogP contribution in [0.5, 0.6) is 0 Å². The topological polar surface area (TPSA) is 63.7 Å². The molecule has 0 bridgehead atoms. The fourth-order valence-electron chi connectivity index (χ4n) is 2.36. The molecule has 0 aliphatic heterocycles. The molecule has 0 N–H and O–H groups in total. The van der Waals surface area contributed by atoms with Gasteiger partial charge in [0.25, 0.3) is 0 Å². The quantitative estimate of drug-likeness (QED) is 0.728. The first-order valence-corrected chi connectivity index (χ1v) is 8.37. The highest BCUT2D eigenvalue weighted by Crippen LogP contribution is 2.16. The van der Waals surface area contributed by atoms with E-state index < -0.39 is 11.7 Å². The van der Waals surface area contributed by atoms with Crippen LogP contribution in [0.1, 0.15) is 52.6 Å². The summed E-state index contributed by atoms with van der Waals surface area (Å²) in [6.45, 7) is 6.16. The molecule has 0 aliphatic carbocycles. The second kappa shape index (κ2) is 8.43. The maximum atomic E-state index is 12.6. The monoisotopic (exact) mass is 353 g/mol. The van der Waals surface area contributed by atoms with Crippen molar-refractivity contribution in [3.05, 3.63) is 70.8 Å². The van der Waals surface area contributed by atoms with Gasteiger partial charge in [-0.15, -0.1) is 0 Å². The number of carbonyl (C=O) groups excluding carboxylic acids is 3. The zero-order valence-corrected chi connectivity index (χ0v) is 15.3. The molecule has 0 saturated carbocycles. The predicted octanol–water partition coefficient (Wildman–Crippen LogP) is 4.25. The number of carbonyl (C=O) groups is 3. The molecule has 2 rings (SSSR count). The van der Waals surface area contributed by atoms with Gasteiger partial charge in [-0.25, -0.2) is 4.79 Å². The summed E-state index contributed by atoms with van der Waals surface area (Å²) in [4.78, 5) is 35.8. The molecule has 26 heavy (non-hydrogen) atoms. The number of benzene rings is 2. The van der Waals surface area contributed by atoms with Crippen molar-refractivity contribution in [1.82, 2.24) is 4.90 Å². The van der Waals surface area contributed by atoms with Crippen LogP contribution in [0.3, 0.4) is 0 Å². The molecule has 1 amide bonds. The van der Waals surface area contributed by atoms with Crippen molar-refractivity contribution in [1.29, 1.82) is 0 Å². The van der Waals surface area contributed by atoms with Crippen molar-refractivity contribution >= 4 is 18.7 Å². The summed E-state index contributed by atoms with van der Waals surface area (Å²) >= 11 is 0. The van der Waals surface area contributed by atoms with Crippen LogP contribution in [0.2, 0.25) is 0 Å². The summed E-state index contributed by atoms with van der Waals surface area (Å²) < 4.78 is 5.51. The molecule has 0 fully saturated rings. The van der Waals surface area contributed by atoms with E-state index in [2.05, 4.69) is 0 Å². The first-order chi connectivity index (χ1) is 12.3. The fraction of sp³-hybridized carbons (Fsp3) is 0.286. The highest BCUT2D eigenvalue weighted by atomic mass is 16.6. The minimum atomic E-state index is -0.599. The largest absolute Gasteiger partial charge is 0.444 e. The minimum absolute atomic E-state index is 0.351. The standard InChI is InChI=1S/C21H23NO4/c1-21(2,3)26-20(25)22(12-16-4-8-18(14-23)9-5-16)13-17-6-10-19(15-24)11-7-17/h4-11,14-15H,12-13H2,1-3H3. The third-order valence-corrected chi connectivity index (χ3v) is 3.63. The van der Waals surface area contributed by atoms with Gasteiger partial charge < -0.3 is 4.74 Å². The molecule has 136 valence electrons. The van der Waals surface area contributed by atoms with Gasteiger partial charge in [0.1, 0.15) is 18.2 Å². The summed E-state index contributed by atoms with van der Waals surface area (Å²) in [6, 6.07) is 14.1. The minimum Gasteiger partial charge on any atom is -0.444 e. The van der Waals surface area contributed by atoms with Gasteiger partial charge in [0.2, 0.25) is 0 Å². The van der Waals surface area contributed by atoms with Crippen molar-refractivity contribution in [2.45, 2.75) is 39.5 Å². The van der Waals surface area contributed by atoms with Gasteiger partial charge in [0.05, 0.1) is 0 Å². The van der Waals surface area contributed by atoms with Crippen LogP contribution in [0, 0.1) is 0 Å². The van der Waals surface area contributed by atoms with E-state index >= 15 is 0 Å². The Morgan fingerprint density at radius 3 is 1.54 bits per heavy atom. The summed E-state index contributed by atoms with van der Waals surface area (Å²) in [5.41, 5.74) is 2.36.